The molecule has 0 saturated carbocycles. The standard InChI is InChI=1S/C27H27N5O2S/c1-18-12-19(14-28)6-7-21(18)17-34-26-5-3-4-23(29-26)20-8-10-32(11-9-20)15-25-30-27-24(31(25)2)13-22(16-33)35-27/h3-7,12-13,16,20H,8-11,15,17H2,1-2H3. The number of hydrogen-bond acceptors (Lipinski definition) is 7. The second-order valence-electron chi connectivity index (χ2n) is 9.04. The molecule has 4 heterocycles. The molecule has 1 aliphatic heterocycles. The molecular weight excluding hydrogens is 458 g/mol. The van der Waals surface area contributed by atoms with Crippen molar-refractivity contribution in [2.75, 3.05) is 13.1 Å². The monoisotopic (exact) mass is 485 g/mol. The average Bonchev–Trinajstić information content (AvgIpc) is 3.42. The highest BCUT2D eigenvalue weighted by molar-refractivity contribution is 7.20. The van der Waals surface area contributed by atoms with E-state index in [0.717, 1.165) is 76.6 Å². The van der Waals surface area contributed by atoms with Crippen LogP contribution >= 0.6 is 11.3 Å². The summed E-state index contributed by atoms with van der Waals surface area (Å²) in [4.78, 5) is 24.7. The molecule has 5 rings (SSSR count). The van der Waals surface area contributed by atoms with Crippen LogP contribution in [-0.4, -0.2) is 38.8 Å². The number of rotatable bonds is 7. The Kier molecular flexibility index (Phi) is 6.62. The molecule has 0 unspecified atom stereocenters. The lowest BCUT2D eigenvalue weighted by Gasteiger charge is -2.31. The van der Waals surface area contributed by atoms with Crippen molar-refractivity contribution >= 4 is 28.0 Å². The van der Waals surface area contributed by atoms with E-state index in [1.54, 1.807) is 0 Å². The van der Waals surface area contributed by atoms with Crippen LogP contribution in [0.5, 0.6) is 5.88 Å². The Morgan fingerprint density at radius 1 is 1.20 bits per heavy atom. The van der Waals surface area contributed by atoms with Crippen molar-refractivity contribution in [3.63, 3.8) is 0 Å². The van der Waals surface area contributed by atoms with Crippen molar-refractivity contribution in [3.8, 4) is 11.9 Å². The van der Waals surface area contributed by atoms with Gasteiger partial charge in [0, 0.05) is 24.7 Å². The summed E-state index contributed by atoms with van der Waals surface area (Å²) in [6.45, 7) is 5.21. The molecule has 0 atom stereocenters. The first-order valence-corrected chi connectivity index (χ1v) is 12.6. The smallest absolute Gasteiger partial charge is 0.213 e. The Hall–Kier alpha value is -3.54. The van der Waals surface area contributed by atoms with Crippen molar-refractivity contribution in [2.24, 2.45) is 7.05 Å². The lowest BCUT2D eigenvalue weighted by atomic mass is 9.93. The Labute approximate surface area is 208 Å². The summed E-state index contributed by atoms with van der Waals surface area (Å²) >= 11 is 1.45. The minimum atomic E-state index is 0.409. The Balaban J connectivity index is 1.18. The number of carbonyl (C=O) groups excluding carboxylic acids is 1. The van der Waals surface area contributed by atoms with Crippen molar-refractivity contribution in [1.29, 1.82) is 5.26 Å². The van der Waals surface area contributed by atoms with E-state index in [-0.39, 0.29) is 0 Å². The van der Waals surface area contributed by atoms with Crippen LogP contribution in [0, 0.1) is 18.3 Å². The molecular formula is C27H27N5O2S. The summed E-state index contributed by atoms with van der Waals surface area (Å²) in [5.74, 6) is 2.08. The third-order valence-electron chi connectivity index (χ3n) is 6.77. The molecule has 8 heteroatoms. The molecule has 1 aromatic carbocycles. The summed E-state index contributed by atoms with van der Waals surface area (Å²) in [5.41, 5.74) is 4.87. The van der Waals surface area contributed by atoms with Gasteiger partial charge in [-0.1, -0.05) is 12.1 Å². The van der Waals surface area contributed by atoms with E-state index >= 15 is 0 Å². The highest BCUT2D eigenvalue weighted by atomic mass is 32.1. The van der Waals surface area contributed by atoms with Gasteiger partial charge in [-0.25, -0.2) is 9.97 Å². The van der Waals surface area contributed by atoms with Crippen LogP contribution in [0.2, 0.25) is 0 Å². The fourth-order valence-electron chi connectivity index (χ4n) is 4.65. The number of imidazole rings is 1. The summed E-state index contributed by atoms with van der Waals surface area (Å²) < 4.78 is 8.09. The number of piperidine rings is 1. The second kappa shape index (κ2) is 9.98. The van der Waals surface area contributed by atoms with Gasteiger partial charge in [0.05, 0.1) is 28.6 Å². The van der Waals surface area contributed by atoms with Gasteiger partial charge < -0.3 is 9.30 Å². The highest BCUT2D eigenvalue weighted by Gasteiger charge is 2.23. The van der Waals surface area contributed by atoms with E-state index in [1.807, 2.05) is 50.4 Å². The van der Waals surface area contributed by atoms with Gasteiger partial charge in [-0.3, -0.25) is 9.69 Å². The van der Waals surface area contributed by atoms with E-state index in [1.165, 1.54) is 11.3 Å². The lowest BCUT2D eigenvalue weighted by molar-refractivity contribution is 0.112. The number of carbonyl (C=O) groups is 1. The Morgan fingerprint density at radius 3 is 2.74 bits per heavy atom. The van der Waals surface area contributed by atoms with Crippen LogP contribution in [0.3, 0.4) is 0 Å². The van der Waals surface area contributed by atoms with Crippen LogP contribution in [0.25, 0.3) is 10.3 Å². The molecule has 1 saturated heterocycles. The maximum Gasteiger partial charge on any atom is 0.213 e. The number of likely N-dealkylation sites (tertiary alicyclic amines) is 1. The number of benzene rings is 1. The fraction of sp³-hybridized carbons (Fsp3) is 0.333. The molecule has 0 aliphatic carbocycles. The molecule has 1 aliphatic rings. The van der Waals surface area contributed by atoms with Crippen LogP contribution < -0.4 is 4.74 Å². The largest absolute Gasteiger partial charge is 0.473 e. The van der Waals surface area contributed by atoms with Crippen molar-refractivity contribution in [2.45, 2.75) is 38.8 Å². The minimum Gasteiger partial charge on any atom is -0.473 e. The number of aryl methyl sites for hydroxylation is 2. The third kappa shape index (κ3) is 4.97. The third-order valence-corrected chi connectivity index (χ3v) is 7.71. The zero-order valence-corrected chi connectivity index (χ0v) is 20.7. The maximum absolute atomic E-state index is 11.0. The number of nitriles is 1. The Morgan fingerprint density at radius 2 is 2.03 bits per heavy atom. The summed E-state index contributed by atoms with van der Waals surface area (Å²) in [6.07, 6.45) is 2.97. The van der Waals surface area contributed by atoms with Crippen LogP contribution in [0.15, 0.2) is 42.5 Å². The maximum atomic E-state index is 11.0. The van der Waals surface area contributed by atoms with Crippen LogP contribution in [-0.2, 0) is 20.2 Å². The number of fused-ring (bicyclic) bond motifs is 1. The predicted molar refractivity (Wildman–Crippen MR) is 136 cm³/mol. The van der Waals surface area contributed by atoms with Crippen molar-refractivity contribution in [1.82, 2.24) is 19.4 Å². The number of hydrogen-bond donors (Lipinski definition) is 0. The lowest BCUT2D eigenvalue weighted by Crippen LogP contribution is -2.33. The SMILES string of the molecule is Cc1cc(C#N)ccc1COc1cccc(C2CCN(Cc3nc4sc(C=O)cc4n3C)CC2)n1. The number of aromatic nitrogens is 3. The normalized spacial score (nSPS) is 14.8. The summed E-state index contributed by atoms with van der Waals surface area (Å²) in [7, 11) is 2.02. The molecule has 4 aromatic rings. The van der Waals surface area contributed by atoms with E-state index < -0.39 is 0 Å². The minimum absolute atomic E-state index is 0.409. The highest BCUT2D eigenvalue weighted by Crippen LogP contribution is 2.30. The van der Waals surface area contributed by atoms with Gasteiger partial charge >= 0.3 is 0 Å². The molecule has 3 aromatic heterocycles. The van der Waals surface area contributed by atoms with Gasteiger partial charge in [0.2, 0.25) is 5.88 Å². The molecule has 0 bridgehead atoms. The van der Waals surface area contributed by atoms with E-state index in [4.69, 9.17) is 20.0 Å². The van der Waals surface area contributed by atoms with Crippen molar-refractivity contribution < 1.29 is 9.53 Å². The number of nitrogens with zero attached hydrogens (tertiary/aromatic N) is 5. The van der Waals surface area contributed by atoms with E-state index in [0.29, 0.717) is 24.0 Å². The topological polar surface area (TPSA) is 84.0 Å². The number of aldehydes is 1. The van der Waals surface area contributed by atoms with Crippen molar-refractivity contribution in [3.05, 3.63) is 75.6 Å². The van der Waals surface area contributed by atoms with Gasteiger partial charge in [0.1, 0.15) is 17.3 Å². The molecule has 0 amide bonds. The van der Waals surface area contributed by atoms with E-state index in [2.05, 4.69) is 21.6 Å². The van der Waals surface area contributed by atoms with Gasteiger partial charge in [-0.2, -0.15) is 5.26 Å². The first kappa shape index (κ1) is 23.2. The molecule has 35 heavy (non-hydrogen) atoms. The van der Waals surface area contributed by atoms with Gasteiger partial charge in [0.15, 0.2) is 6.29 Å². The fourth-order valence-corrected chi connectivity index (χ4v) is 5.54. The quantitative estimate of drug-likeness (QED) is 0.343. The Bertz CT molecular complexity index is 1410. The summed E-state index contributed by atoms with van der Waals surface area (Å²) in [6, 6.07) is 15.7. The molecule has 1 fully saturated rings. The zero-order chi connectivity index (χ0) is 24.4. The van der Waals surface area contributed by atoms with Gasteiger partial charge in [-0.05, 0) is 68.2 Å². The molecule has 0 spiro atoms. The molecule has 178 valence electrons. The predicted octanol–water partition coefficient (Wildman–Crippen LogP) is 4.98. The van der Waals surface area contributed by atoms with Crippen LogP contribution in [0.1, 0.15) is 56.6 Å². The average molecular weight is 486 g/mol. The van der Waals surface area contributed by atoms with Gasteiger partial charge in [-0.15, -0.1) is 11.3 Å². The number of thiophene rings is 1. The van der Waals surface area contributed by atoms with Crippen LogP contribution in [0.4, 0.5) is 0 Å². The number of pyridine rings is 1. The molecule has 7 nitrogen and oxygen atoms in total. The molecule has 0 N–H and O–H groups in total. The van der Waals surface area contributed by atoms with E-state index in [9.17, 15) is 4.79 Å². The first-order chi connectivity index (χ1) is 17.0. The summed E-state index contributed by atoms with van der Waals surface area (Å²) in [5, 5.41) is 9.05. The van der Waals surface area contributed by atoms with Gasteiger partial charge in [0.25, 0.3) is 0 Å². The first-order valence-electron chi connectivity index (χ1n) is 11.8. The molecule has 0 radical (unpaired) electrons. The zero-order valence-electron chi connectivity index (χ0n) is 19.9. The second-order valence-corrected chi connectivity index (χ2v) is 10.1. The number of ether oxygens (including phenoxy) is 1.